The quantitative estimate of drug-likeness (QED) is 0.454. The lowest BCUT2D eigenvalue weighted by Crippen LogP contribution is -2.08. The minimum Gasteiger partial charge on any atom is -0.369 e. The van der Waals surface area contributed by atoms with Gasteiger partial charge >= 0.3 is 0 Å². The average molecular weight is 375 g/mol. The molecule has 4 rings (SSSR count). The van der Waals surface area contributed by atoms with Gasteiger partial charge in [0.05, 0.1) is 5.52 Å². The number of hydrogen-bond acceptors (Lipinski definition) is 5. The van der Waals surface area contributed by atoms with E-state index in [1.807, 2.05) is 18.2 Å². The van der Waals surface area contributed by atoms with Gasteiger partial charge in [0.1, 0.15) is 5.82 Å². The van der Waals surface area contributed by atoms with Crippen LogP contribution in [0.5, 0.6) is 0 Å². The fourth-order valence-electron chi connectivity index (χ4n) is 3.10. The van der Waals surface area contributed by atoms with E-state index < -0.39 is 0 Å². The number of nitrogens with zero attached hydrogens (tertiary/aromatic N) is 2. The van der Waals surface area contributed by atoms with Crippen LogP contribution in [0.25, 0.3) is 10.9 Å². The standard InChI is InChI=1S/C22H22N4S/c1-15-9-10-19(16(2)14-15)24-22-25-20-8-4-3-7-18(20)21(26-22)23-12-11-17-6-5-13-27-17/h3-10,13-14H,11-12H2,1-2H3,(H2,23,24,25,26). The maximum atomic E-state index is 4.75. The van der Waals surface area contributed by atoms with E-state index in [-0.39, 0.29) is 0 Å². The van der Waals surface area contributed by atoms with Crippen molar-refractivity contribution < 1.29 is 0 Å². The fourth-order valence-corrected chi connectivity index (χ4v) is 3.81. The van der Waals surface area contributed by atoms with Crippen molar-refractivity contribution in [1.29, 1.82) is 0 Å². The molecular weight excluding hydrogens is 352 g/mol. The predicted molar refractivity (Wildman–Crippen MR) is 115 cm³/mol. The summed E-state index contributed by atoms with van der Waals surface area (Å²) in [5.74, 6) is 1.48. The van der Waals surface area contributed by atoms with E-state index in [4.69, 9.17) is 9.97 Å². The highest BCUT2D eigenvalue weighted by molar-refractivity contribution is 7.09. The second kappa shape index (κ2) is 7.76. The number of rotatable bonds is 6. The zero-order valence-corrected chi connectivity index (χ0v) is 16.3. The molecule has 5 heteroatoms. The molecule has 0 spiro atoms. The van der Waals surface area contributed by atoms with E-state index in [1.165, 1.54) is 16.0 Å². The van der Waals surface area contributed by atoms with Crippen molar-refractivity contribution in [3.63, 3.8) is 0 Å². The van der Waals surface area contributed by atoms with Crippen LogP contribution in [-0.2, 0) is 6.42 Å². The highest BCUT2D eigenvalue weighted by atomic mass is 32.1. The van der Waals surface area contributed by atoms with Crippen LogP contribution >= 0.6 is 11.3 Å². The number of nitrogens with one attached hydrogen (secondary N) is 2. The van der Waals surface area contributed by atoms with Crippen molar-refractivity contribution in [3.8, 4) is 0 Å². The Morgan fingerprint density at radius 3 is 2.67 bits per heavy atom. The fraction of sp³-hybridized carbons (Fsp3) is 0.182. The minimum atomic E-state index is 0.610. The van der Waals surface area contributed by atoms with Crippen LogP contribution in [0.4, 0.5) is 17.5 Å². The molecule has 2 aromatic heterocycles. The maximum Gasteiger partial charge on any atom is 0.229 e. The van der Waals surface area contributed by atoms with Crippen molar-refractivity contribution >= 4 is 39.7 Å². The molecule has 0 bridgehead atoms. The second-order valence-electron chi connectivity index (χ2n) is 6.61. The van der Waals surface area contributed by atoms with Gasteiger partial charge in [-0.05, 0) is 55.5 Å². The Bertz CT molecular complexity index is 1060. The molecule has 0 aliphatic rings. The van der Waals surface area contributed by atoms with E-state index in [9.17, 15) is 0 Å². The molecule has 0 saturated heterocycles. The van der Waals surface area contributed by atoms with Gasteiger partial charge in [-0.2, -0.15) is 4.98 Å². The molecule has 27 heavy (non-hydrogen) atoms. The first-order chi connectivity index (χ1) is 13.2. The second-order valence-corrected chi connectivity index (χ2v) is 7.64. The van der Waals surface area contributed by atoms with Crippen molar-refractivity contribution in [2.45, 2.75) is 20.3 Å². The SMILES string of the molecule is Cc1ccc(Nc2nc(NCCc3cccs3)c3ccccc3n2)c(C)c1. The van der Waals surface area contributed by atoms with E-state index in [1.54, 1.807) is 11.3 Å². The first-order valence-corrected chi connectivity index (χ1v) is 9.94. The largest absolute Gasteiger partial charge is 0.369 e. The van der Waals surface area contributed by atoms with Gasteiger partial charge in [0, 0.05) is 22.5 Å². The minimum absolute atomic E-state index is 0.610. The lowest BCUT2D eigenvalue weighted by Gasteiger charge is -2.13. The molecule has 2 heterocycles. The van der Waals surface area contributed by atoms with Gasteiger partial charge in [0.15, 0.2) is 0 Å². The normalized spacial score (nSPS) is 10.9. The summed E-state index contributed by atoms with van der Waals surface area (Å²) >= 11 is 1.78. The van der Waals surface area contributed by atoms with Gasteiger partial charge in [-0.3, -0.25) is 0 Å². The van der Waals surface area contributed by atoms with Crippen molar-refractivity contribution in [1.82, 2.24) is 9.97 Å². The van der Waals surface area contributed by atoms with E-state index in [0.717, 1.165) is 35.4 Å². The molecule has 0 aliphatic heterocycles. The summed E-state index contributed by atoms with van der Waals surface area (Å²) in [6.45, 7) is 5.03. The van der Waals surface area contributed by atoms with Crippen LogP contribution in [0.2, 0.25) is 0 Å². The number of aromatic nitrogens is 2. The smallest absolute Gasteiger partial charge is 0.229 e. The molecule has 0 radical (unpaired) electrons. The maximum absolute atomic E-state index is 4.75. The topological polar surface area (TPSA) is 49.8 Å². The summed E-state index contributed by atoms with van der Waals surface area (Å²) in [6.07, 6.45) is 0.982. The Morgan fingerprint density at radius 1 is 0.963 bits per heavy atom. The highest BCUT2D eigenvalue weighted by Crippen LogP contribution is 2.25. The van der Waals surface area contributed by atoms with Gasteiger partial charge in [-0.15, -0.1) is 11.3 Å². The zero-order chi connectivity index (χ0) is 18.6. The first-order valence-electron chi connectivity index (χ1n) is 9.06. The molecule has 2 aromatic carbocycles. The summed E-state index contributed by atoms with van der Waals surface area (Å²) < 4.78 is 0. The molecule has 0 unspecified atom stereocenters. The molecule has 2 N–H and O–H groups in total. The Labute approximate surface area is 163 Å². The molecule has 4 nitrogen and oxygen atoms in total. The Morgan fingerprint density at radius 2 is 1.85 bits per heavy atom. The van der Waals surface area contributed by atoms with Crippen molar-refractivity contribution in [2.24, 2.45) is 0 Å². The predicted octanol–water partition coefficient (Wildman–Crippen LogP) is 5.71. The van der Waals surface area contributed by atoms with Crippen molar-refractivity contribution in [3.05, 3.63) is 76.0 Å². The van der Waals surface area contributed by atoms with Crippen LogP contribution in [-0.4, -0.2) is 16.5 Å². The summed E-state index contributed by atoms with van der Waals surface area (Å²) in [4.78, 5) is 10.8. The van der Waals surface area contributed by atoms with Crippen molar-refractivity contribution in [2.75, 3.05) is 17.2 Å². The third kappa shape index (κ3) is 4.09. The first kappa shape index (κ1) is 17.5. The van der Waals surface area contributed by atoms with Gasteiger partial charge in [-0.1, -0.05) is 35.9 Å². The molecule has 4 aromatic rings. The molecule has 0 atom stereocenters. The van der Waals surface area contributed by atoms with Gasteiger partial charge < -0.3 is 10.6 Å². The molecule has 0 amide bonds. The van der Waals surface area contributed by atoms with Crippen LogP contribution in [0.1, 0.15) is 16.0 Å². The van der Waals surface area contributed by atoms with E-state index in [2.05, 4.69) is 66.3 Å². The summed E-state index contributed by atoms with van der Waals surface area (Å²) in [7, 11) is 0. The van der Waals surface area contributed by atoms with E-state index in [0.29, 0.717) is 5.95 Å². The lowest BCUT2D eigenvalue weighted by atomic mass is 10.1. The number of para-hydroxylation sites is 1. The van der Waals surface area contributed by atoms with Crippen LogP contribution in [0.3, 0.4) is 0 Å². The average Bonchev–Trinajstić information content (AvgIpc) is 3.17. The number of thiophene rings is 1. The Hall–Kier alpha value is -2.92. The van der Waals surface area contributed by atoms with Gasteiger partial charge in [-0.25, -0.2) is 4.98 Å². The summed E-state index contributed by atoms with van der Waals surface area (Å²) in [5, 5.41) is 10.0. The third-order valence-corrected chi connectivity index (χ3v) is 5.41. The molecule has 0 fully saturated rings. The number of fused-ring (bicyclic) bond motifs is 1. The molecule has 0 aliphatic carbocycles. The zero-order valence-electron chi connectivity index (χ0n) is 15.5. The number of aryl methyl sites for hydroxylation is 2. The van der Waals surface area contributed by atoms with Gasteiger partial charge in [0.2, 0.25) is 5.95 Å². The van der Waals surface area contributed by atoms with Gasteiger partial charge in [0.25, 0.3) is 0 Å². The Balaban J connectivity index is 1.61. The number of hydrogen-bond donors (Lipinski definition) is 2. The van der Waals surface area contributed by atoms with Crippen LogP contribution in [0.15, 0.2) is 60.0 Å². The third-order valence-electron chi connectivity index (χ3n) is 4.48. The van der Waals surface area contributed by atoms with Crippen LogP contribution < -0.4 is 10.6 Å². The monoisotopic (exact) mass is 374 g/mol. The number of benzene rings is 2. The molecule has 0 saturated carbocycles. The summed E-state index contributed by atoms with van der Waals surface area (Å²) in [6, 6.07) is 18.7. The highest BCUT2D eigenvalue weighted by Gasteiger charge is 2.09. The molecule has 136 valence electrons. The van der Waals surface area contributed by atoms with E-state index >= 15 is 0 Å². The van der Waals surface area contributed by atoms with Crippen LogP contribution in [0, 0.1) is 13.8 Å². The molecular formula is C22H22N4S. The Kier molecular flexibility index (Phi) is 5.03. The summed E-state index contributed by atoms with van der Waals surface area (Å²) in [5.41, 5.74) is 4.38. The number of anilines is 3. The lowest BCUT2D eigenvalue weighted by molar-refractivity contribution is 1.03.